The lowest BCUT2D eigenvalue weighted by Gasteiger charge is -2.07. The number of hydrogen-bond donors (Lipinski definition) is 1. The van der Waals surface area contributed by atoms with Crippen molar-refractivity contribution in [1.29, 1.82) is 0 Å². The Morgan fingerprint density at radius 3 is 2.70 bits per heavy atom. The molecular weight excluding hydrogens is 282 g/mol. The summed E-state index contributed by atoms with van der Waals surface area (Å²) in [5.41, 5.74) is 0.549. The van der Waals surface area contributed by atoms with Crippen LogP contribution >= 0.6 is 11.8 Å². The predicted octanol–water partition coefficient (Wildman–Crippen LogP) is 1.82. The van der Waals surface area contributed by atoms with Crippen molar-refractivity contribution in [1.82, 2.24) is 4.90 Å². The van der Waals surface area contributed by atoms with Gasteiger partial charge in [-0.05, 0) is 23.9 Å². The van der Waals surface area contributed by atoms with Crippen LogP contribution in [0.1, 0.15) is 5.56 Å². The van der Waals surface area contributed by atoms with Gasteiger partial charge in [-0.15, -0.1) is 0 Å². The van der Waals surface area contributed by atoms with E-state index in [1.165, 1.54) is 13.1 Å². The number of carboxylic acids is 1. The Hall–Kier alpha value is -2.28. The van der Waals surface area contributed by atoms with Crippen molar-refractivity contribution in [2.24, 2.45) is 0 Å². The molecule has 1 heterocycles. The molecule has 104 valence electrons. The number of nitrogens with zero attached hydrogens (tertiary/aromatic N) is 1. The summed E-state index contributed by atoms with van der Waals surface area (Å²) in [6.45, 7) is -0.472. The van der Waals surface area contributed by atoms with Gasteiger partial charge in [0.1, 0.15) is 5.75 Å². The predicted molar refractivity (Wildman–Crippen MR) is 73.3 cm³/mol. The van der Waals surface area contributed by atoms with Gasteiger partial charge < -0.3 is 9.84 Å². The lowest BCUT2D eigenvalue weighted by molar-refractivity contribution is -0.139. The number of imide groups is 1. The number of benzene rings is 1. The largest absolute Gasteiger partial charge is 0.481 e. The van der Waals surface area contributed by atoms with Crippen molar-refractivity contribution >= 4 is 35.0 Å². The van der Waals surface area contributed by atoms with E-state index in [-0.39, 0.29) is 16.1 Å². The summed E-state index contributed by atoms with van der Waals surface area (Å²) in [5.74, 6) is -1.13. The Kier molecular flexibility index (Phi) is 4.09. The maximum atomic E-state index is 11.8. The molecule has 1 aliphatic heterocycles. The number of hydrogen-bond acceptors (Lipinski definition) is 5. The number of amides is 2. The number of para-hydroxylation sites is 1. The number of ether oxygens (including phenoxy) is 1. The van der Waals surface area contributed by atoms with E-state index in [9.17, 15) is 14.4 Å². The Bertz CT molecular complexity index is 611. The molecule has 1 saturated heterocycles. The van der Waals surface area contributed by atoms with Crippen LogP contribution in [-0.4, -0.2) is 40.8 Å². The molecule has 0 unspecified atom stereocenters. The summed E-state index contributed by atoms with van der Waals surface area (Å²) in [6.07, 6.45) is 1.52. The minimum atomic E-state index is -1.09. The first kappa shape index (κ1) is 14.1. The molecule has 0 atom stereocenters. The van der Waals surface area contributed by atoms with Crippen LogP contribution in [0, 0.1) is 0 Å². The third-order valence-corrected chi connectivity index (χ3v) is 3.50. The topological polar surface area (TPSA) is 83.9 Å². The summed E-state index contributed by atoms with van der Waals surface area (Å²) in [4.78, 5) is 35.0. The van der Waals surface area contributed by atoms with Crippen molar-refractivity contribution in [3.05, 3.63) is 34.7 Å². The number of carbonyl (C=O) groups excluding carboxylic acids is 2. The van der Waals surface area contributed by atoms with E-state index in [1.54, 1.807) is 24.3 Å². The average Bonchev–Trinajstić information content (AvgIpc) is 2.65. The quantitative estimate of drug-likeness (QED) is 0.852. The standard InChI is InChI=1S/C13H11NO5S/c1-14-12(17)10(20-13(14)18)6-8-4-2-3-5-9(8)19-7-11(15)16/h2-6H,7H2,1H3,(H,15,16)/b10-6-. The normalized spacial score (nSPS) is 16.9. The second-order valence-corrected chi connectivity index (χ2v) is 4.95. The highest BCUT2D eigenvalue weighted by Gasteiger charge is 2.31. The van der Waals surface area contributed by atoms with Crippen LogP contribution in [0.15, 0.2) is 29.2 Å². The fourth-order valence-corrected chi connectivity index (χ4v) is 2.38. The van der Waals surface area contributed by atoms with Crippen molar-refractivity contribution in [3.63, 3.8) is 0 Å². The number of carboxylic acid groups (broad SMARTS) is 1. The Morgan fingerprint density at radius 2 is 2.10 bits per heavy atom. The van der Waals surface area contributed by atoms with Gasteiger partial charge in [0, 0.05) is 12.6 Å². The van der Waals surface area contributed by atoms with Crippen molar-refractivity contribution in [2.45, 2.75) is 0 Å². The molecule has 0 radical (unpaired) electrons. The van der Waals surface area contributed by atoms with Gasteiger partial charge in [-0.25, -0.2) is 4.79 Å². The molecule has 0 aromatic heterocycles. The Balaban J connectivity index is 2.27. The van der Waals surface area contributed by atoms with Gasteiger partial charge in [0.15, 0.2) is 6.61 Å². The lowest BCUT2D eigenvalue weighted by Crippen LogP contribution is -2.22. The van der Waals surface area contributed by atoms with Gasteiger partial charge in [0.05, 0.1) is 4.91 Å². The number of aliphatic carboxylic acids is 1. The fourth-order valence-electron chi connectivity index (χ4n) is 1.56. The van der Waals surface area contributed by atoms with Gasteiger partial charge in [0.2, 0.25) is 0 Å². The summed E-state index contributed by atoms with van der Waals surface area (Å²) in [5, 5.41) is 8.27. The highest BCUT2D eigenvalue weighted by atomic mass is 32.2. The number of likely N-dealkylation sites (N-methyl/N-ethyl adjacent to an activating group) is 1. The molecule has 1 aliphatic rings. The molecule has 0 aliphatic carbocycles. The maximum Gasteiger partial charge on any atom is 0.341 e. The smallest absolute Gasteiger partial charge is 0.341 e. The monoisotopic (exact) mass is 293 g/mol. The van der Waals surface area contributed by atoms with E-state index in [2.05, 4.69) is 0 Å². The lowest BCUT2D eigenvalue weighted by atomic mass is 10.2. The molecular formula is C13H11NO5S. The van der Waals surface area contributed by atoms with Crippen molar-refractivity contribution in [3.8, 4) is 5.75 Å². The molecule has 0 bridgehead atoms. The molecule has 1 N–H and O–H groups in total. The molecule has 1 aromatic carbocycles. The van der Waals surface area contributed by atoms with E-state index < -0.39 is 12.6 Å². The van der Waals surface area contributed by atoms with Crippen LogP contribution in [0.3, 0.4) is 0 Å². The van der Waals surface area contributed by atoms with Gasteiger partial charge in [0.25, 0.3) is 11.1 Å². The zero-order valence-corrected chi connectivity index (χ0v) is 11.3. The minimum Gasteiger partial charge on any atom is -0.481 e. The first-order valence-electron chi connectivity index (χ1n) is 5.64. The molecule has 2 amide bonds. The zero-order chi connectivity index (χ0) is 14.7. The van der Waals surface area contributed by atoms with E-state index in [4.69, 9.17) is 9.84 Å². The van der Waals surface area contributed by atoms with Crippen LogP contribution < -0.4 is 4.74 Å². The highest BCUT2D eigenvalue weighted by molar-refractivity contribution is 8.18. The molecule has 20 heavy (non-hydrogen) atoms. The SMILES string of the molecule is CN1C(=O)S/C(=C\c2ccccc2OCC(=O)O)C1=O. The van der Waals surface area contributed by atoms with Gasteiger partial charge >= 0.3 is 5.97 Å². The molecule has 0 spiro atoms. The highest BCUT2D eigenvalue weighted by Crippen LogP contribution is 2.32. The third kappa shape index (κ3) is 3.00. The van der Waals surface area contributed by atoms with E-state index >= 15 is 0 Å². The van der Waals surface area contributed by atoms with Crippen LogP contribution in [0.5, 0.6) is 5.75 Å². The van der Waals surface area contributed by atoms with E-state index in [1.807, 2.05) is 0 Å². The maximum absolute atomic E-state index is 11.8. The van der Waals surface area contributed by atoms with Crippen LogP contribution in [-0.2, 0) is 9.59 Å². The molecule has 0 saturated carbocycles. The average molecular weight is 293 g/mol. The summed E-state index contributed by atoms with van der Waals surface area (Å²) in [6, 6.07) is 6.71. The van der Waals surface area contributed by atoms with Gasteiger partial charge in [-0.2, -0.15) is 0 Å². The fraction of sp³-hybridized carbons (Fsp3) is 0.154. The number of thioether (sulfide) groups is 1. The number of rotatable bonds is 4. The van der Waals surface area contributed by atoms with Crippen LogP contribution in [0.2, 0.25) is 0 Å². The first-order chi connectivity index (χ1) is 9.49. The van der Waals surface area contributed by atoms with Gasteiger partial charge in [-0.1, -0.05) is 18.2 Å². The molecule has 1 fully saturated rings. The third-order valence-electron chi connectivity index (χ3n) is 2.54. The van der Waals surface area contributed by atoms with Crippen LogP contribution in [0.4, 0.5) is 4.79 Å². The molecule has 6 nitrogen and oxygen atoms in total. The molecule has 1 aromatic rings. The summed E-state index contributed by atoms with van der Waals surface area (Å²) >= 11 is 0.836. The Morgan fingerprint density at radius 1 is 1.40 bits per heavy atom. The molecule has 2 rings (SSSR count). The van der Waals surface area contributed by atoms with E-state index in [0.29, 0.717) is 11.3 Å². The van der Waals surface area contributed by atoms with E-state index in [0.717, 1.165) is 16.7 Å². The summed E-state index contributed by atoms with van der Waals surface area (Å²) < 4.78 is 5.13. The minimum absolute atomic E-state index is 0.281. The van der Waals surface area contributed by atoms with Crippen molar-refractivity contribution in [2.75, 3.05) is 13.7 Å². The molecule has 7 heteroatoms. The zero-order valence-electron chi connectivity index (χ0n) is 10.5. The van der Waals surface area contributed by atoms with Crippen LogP contribution in [0.25, 0.3) is 6.08 Å². The Labute approximate surface area is 119 Å². The summed E-state index contributed by atoms with van der Waals surface area (Å²) in [7, 11) is 1.41. The number of carbonyl (C=O) groups is 3. The van der Waals surface area contributed by atoms with Crippen molar-refractivity contribution < 1.29 is 24.2 Å². The second kappa shape index (κ2) is 5.79. The van der Waals surface area contributed by atoms with Gasteiger partial charge in [-0.3, -0.25) is 14.5 Å². The second-order valence-electron chi connectivity index (χ2n) is 3.96. The first-order valence-corrected chi connectivity index (χ1v) is 6.46.